The van der Waals surface area contributed by atoms with Gasteiger partial charge in [0, 0.05) is 11.8 Å². The predicted octanol–water partition coefficient (Wildman–Crippen LogP) is 5.22. The van der Waals surface area contributed by atoms with Crippen LogP contribution in [0.15, 0.2) is 36.4 Å². The first-order valence-electron chi connectivity index (χ1n) is 8.24. The predicted molar refractivity (Wildman–Crippen MR) is 97.4 cm³/mol. The quantitative estimate of drug-likeness (QED) is 0.772. The lowest BCUT2D eigenvalue weighted by Crippen LogP contribution is -2.22. The van der Waals surface area contributed by atoms with Crippen LogP contribution in [-0.2, 0) is 17.3 Å². The first kappa shape index (κ1) is 17.5. The minimum atomic E-state index is 0.0283. The van der Waals surface area contributed by atoms with Crippen molar-refractivity contribution in [2.24, 2.45) is 0 Å². The van der Waals surface area contributed by atoms with Crippen molar-refractivity contribution in [3.8, 4) is 5.88 Å². The Morgan fingerprint density at radius 1 is 0.957 bits per heavy atom. The van der Waals surface area contributed by atoms with E-state index in [1.807, 2.05) is 6.07 Å². The van der Waals surface area contributed by atoms with E-state index in [0.717, 1.165) is 12.1 Å². The summed E-state index contributed by atoms with van der Waals surface area (Å²) >= 11 is 0. The van der Waals surface area contributed by atoms with Gasteiger partial charge in [0.05, 0.1) is 7.11 Å². The van der Waals surface area contributed by atoms with Crippen LogP contribution in [0.3, 0.4) is 0 Å². The van der Waals surface area contributed by atoms with Gasteiger partial charge in [-0.3, -0.25) is 0 Å². The molecular weight excluding hydrogens is 282 g/mol. The van der Waals surface area contributed by atoms with Crippen molar-refractivity contribution in [3.05, 3.63) is 58.8 Å². The van der Waals surface area contributed by atoms with Crippen LogP contribution in [0, 0.1) is 6.92 Å². The van der Waals surface area contributed by atoms with Crippen LogP contribution in [0.4, 0.5) is 0 Å². The average molecular weight is 311 g/mol. The highest BCUT2D eigenvalue weighted by Gasteiger charge is 2.24. The Balaban J connectivity index is 2.38. The zero-order valence-electron chi connectivity index (χ0n) is 15.5. The maximum absolute atomic E-state index is 5.42. The van der Waals surface area contributed by atoms with E-state index in [2.05, 4.69) is 76.9 Å². The lowest BCUT2D eigenvalue weighted by molar-refractivity contribution is 0.391. The summed E-state index contributed by atoms with van der Waals surface area (Å²) in [5.41, 5.74) is 5.10. The molecule has 2 aromatic rings. The molecule has 0 aliphatic heterocycles. The van der Waals surface area contributed by atoms with Crippen molar-refractivity contribution in [1.82, 2.24) is 4.98 Å². The van der Waals surface area contributed by atoms with Crippen molar-refractivity contribution < 1.29 is 4.74 Å². The van der Waals surface area contributed by atoms with Crippen LogP contribution in [-0.4, -0.2) is 12.1 Å². The highest BCUT2D eigenvalue weighted by Crippen LogP contribution is 2.31. The SMILES string of the molecule is COc1cc(C(C)(C)C)cc(CC(C)(C)c2cccc(C)c2)n1. The first-order chi connectivity index (χ1) is 10.6. The number of benzene rings is 1. The third kappa shape index (κ3) is 4.34. The molecular formula is C21H29NO. The van der Waals surface area contributed by atoms with E-state index >= 15 is 0 Å². The Hall–Kier alpha value is -1.83. The number of hydrogen-bond acceptors (Lipinski definition) is 2. The molecule has 0 spiro atoms. The van der Waals surface area contributed by atoms with Gasteiger partial charge < -0.3 is 4.74 Å². The van der Waals surface area contributed by atoms with Crippen LogP contribution in [0.2, 0.25) is 0 Å². The van der Waals surface area contributed by atoms with Gasteiger partial charge in [-0.1, -0.05) is 64.4 Å². The van der Waals surface area contributed by atoms with E-state index in [1.54, 1.807) is 7.11 Å². The molecule has 2 rings (SSSR count). The standard InChI is InChI=1S/C21H29NO/c1-15-9-8-10-16(11-15)21(5,6)14-18-12-17(20(2,3)4)13-19(22-18)23-7/h8-13H,14H2,1-7H3. The summed E-state index contributed by atoms with van der Waals surface area (Å²) in [4.78, 5) is 4.68. The van der Waals surface area contributed by atoms with Gasteiger partial charge in [-0.2, -0.15) is 0 Å². The van der Waals surface area contributed by atoms with Crippen molar-refractivity contribution in [2.45, 2.75) is 58.8 Å². The number of aryl methyl sites for hydroxylation is 1. The maximum Gasteiger partial charge on any atom is 0.213 e. The van der Waals surface area contributed by atoms with Gasteiger partial charge in [-0.15, -0.1) is 0 Å². The molecule has 0 unspecified atom stereocenters. The molecule has 0 radical (unpaired) electrons. The molecule has 1 aromatic heterocycles. The fourth-order valence-electron chi connectivity index (χ4n) is 2.81. The summed E-state index contributed by atoms with van der Waals surface area (Å²) in [6.07, 6.45) is 0.886. The van der Waals surface area contributed by atoms with Crippen LogP contribution in [0.1, 0.15) is 57.0 Å². The van der Waals surface area contributed by atoms with Gasteiger partial charge in [-0.05, 0) is 41.4 Å². The second-order valence-electron chi connectivity index (χ2n) is 8.07. The molecule has 2 nitrogen and oxygen atoms in total. The van der Waals surface area contributed by atoms with Crippen molar-refractivity contribution in [3.63, 3.8) is 0 Å². The molecule has 0 N–H and O–H groups in total. The number of methoxy groups -OCH3 is 1. The average Bonchev–Trinajstić information content (AvgIpc) is 2.45. The smallest absolute Gasteiger partial charge is 0.213 e. The number of ether oxygens (including phenoxy) is 1. The fraction of sp³-hybridized carbons (Fsp3) is 0.476. The van der Waals surface area contributed by atoms with Gasteiger partial charge >= 0.3 is 0 Å². The first-order valence-corrected chi connectivity index (χ1v) is 8.24. The Morgan fingerprint density at radius 2 is 1.65 bits per heavy atom. The van der Waals surface area contributed by atoms with E-state index in [9.17, 15) is 0 Å². The third-order valence-corrected chi connectivity index (χ3v) is 4.35. The lowest BCUT2D eigenvalue weighted by Gasteiger charge is -2.27. The van der Waals surface area contributed by atoms with Crippen molar-refractivity contribution >= 4 is 0 Å². The second-order valence-corrected chi connectivity index (χ2v) is 8.07. The highest BCUT2D eigenvalue weighted by molar-refractivity contribution is 5.34. The Bertz CT molecular complexity index is 680. The Labute approximate surface area is 140 Å². The molecule has 0 aliphatic carbocycles. The number of aromatic nitrogens is 1. The third-order valence-electron chi connectivity index (χ3n) is 4.35. The van der Waals surface area contributed by atoms with E-state index < -0.39 is 0 Å². The summed E-state index contributed by atoms with van der Waals surface area (Å²) in [5, 5.41) is 0. The normalized spacial score (nSPS) is 12.3. The van der Waals surface area contributed by atoms with E-state index in [0.29, 0.717) is 5.88 Å². The van der Waals surface area contributed by atoms with Crippen molar-refractivity contribution in [2.75, 3.05) is 7.11 Å². The summed E-state index contributed by atoms with van der Waals surface area (Å²) in [5.74, 6) is 0.701. The van der Waals surface area contributed by atoms with Crippen LogP contribution in [0.25, 0.3) is 0 Å². The van der Waals surface area contributed by atoms with Gasteiger partial charge in [0.2, 0.25) is 5.88 Å². The van der Waals surface area contributed by atoms with Crippen molar-refractivity contribution in [1.29, 1.82) is 0 Å². The molecule has 1 heterocycles. The molecule has 0 saturated carbocycles. The minimum absolute atomic E-state index is 0.0283. The monoisotopic (exact) mass is 311 g/mol. The molecule has 0 aliphatic rings. The fourth-order valence-corrected chi connectivity index (χ4v) is 2.81. The van der Waals surface area contributed by atoms with E-state index in [1.165, 1.54) is 16.7 Å². The maximum atomic E-state index is 5.42. The summed E-state index contributed by atoms with van der Waals surface area (Å²) < 4.78 is 5.42. The van der Waals surface area contributed by atoms with Crippen LogP contribution in [0.5, 0.6) is 5.88 Å². The van der Waals surface area contributed by atoms with Gasteiger partial charge in [-0.25, -0.2) is 4.98 Å². The largest absolute Gasteiger partial charge is 0.481 e. The lowest BCUT2D eigenvalue weighted by atomic mass is 9.79. The summed E-state index contributed by atoms with van der Waals surface area (Å²) in [6, 6.07) is 13.0. The highest BCUT2D eigenvalue weighted by atomic mass is 16.5. The number of hydrogen-bond donors (Lipinski definition) is 0. The molecule has 0 bridgehead atoms. The molecule has 23 heavy (non-hydrogen) atoms. The molecule has 1 aromatic carbocycles. The molecule has 124 valence electrons. The second kappa shape index (κ2) is 6.35. The Morgan fingerprint density at radius 3 is 2.22 bits per heavy atom. The summed E-state index contributed by atoms with van der Waals surface area (Å²) in [6.45, 7) is 13.4. The van der Waals surface area contributed by atoms with Gasteiger partial charge in [0.25, 0.3) is 0 Å². The molecule has 2 heteroatoms. The van der Waals surface area contributed by atoms with E-state index in [-0.39, 0.29) is 10.8 Å². The Kier molecular flexibility index (Phi) is 4.84. The van der Waals surface area contributed by atoms with Crippen LogP contribution >= 0.6 is 0 Å². The minimum Gasteiger partial charge on any atom is -0.481 e. The zero-order valence-corrected chi connectivity index (χ0v) is 15.5. The number of rotatable bonds is 4. The molecule has 0 saturated heterocycles. The molecule has 0 fully saturated rings. The van der Waals surface area contributed by atoms with Gasteiger partial charge in [0.15, 0.2) is 0 Å². The number of nitrogens with zero attached hydrogens (tertiary/aromatic N) is 1. The topological polar surface area (TPSA) is 22.1 Å². The number of pyridine rings is 1. The molecule has 0 amide bonds. The van der Waals surface area contributed by atoms with E-state index in [4.69, 9.17) is 4.74 Å². The van der Waals surface area contributed by atoms with Gasteiger partial charge in [0.1, 0.15) is 0 Å². The zero-order chi connectivity index (χ0) is 17.3. The molecule has 0 atom stereocenters. The van der Waals surface area contributed by atoms with Crippen LogP contribution < -0.4 is 4.74 Å². The summed E-state index contributed by atoms with van der Waals surface area (Å²) in [7, 11) is 1.68.